The summed E-state index contributed by atoms with van der Waals surface area (Å²) in [4.78, 5) is 51.5. The van der Waals surface area contributed by atoms with E-state index >= 15 is 0 Å². The lowest BCUT2D eigenvalue weighted by atomic mass is 9.74. The number of carbonyl (C=O) groups is 2. The molecule has 25 heavy (non-hydrogen) atoms. The second kappa shape index (κ2) is 5.31. The summed E-state index contributed by atoms with van der Waals surface area (Å²) < 4.78 is 1.26. The summed E-state index contributed by atoms with van der Waals surface area (Å²) in [6, 6.07) is 0. The Hall–Kier alpha value is -2.38. The van der Waals surface area contributed by atoms with Gasteiger partial charge in [-0.05, 0) is 38.0 Å². The molecule has 8 nitrogen and oxygen atoms in total. The van der Waals surface area contributed by atoms with Crippen molar-refractivity contribution in [1.29, 1.82) is 0 Å². The van der Waals surface area contributed by atoms with Crippen molar-refractivity contribution in [3.05, 3.63) is 20.8 Å². The highest BCUT2D eigenvalue weighted by atomic mass is 16.2. The molecule has 4 N–H and O–H groups in total. The molecule has 1 amide bonds. The van der Waals surface area contributed by atoms with Gasteiger partial charge in [0.05, 0.1) is 5.41 Å². The molecule has 0 radical (unpaired) electrons. The number of nitrogens with zero attached hydrogens (tertiary/aromatic N) is 1. The number of nitrogens with two attached hydrogens (primary N) is 1. The SMILES string of the molecule is CCCn1c(N)c(NC(=O)C23CC4CC2CC(C3)C4=O)c(=O)[nH]c1=O. The molecule has 2 unspecified atom stereocenters. The number of H-pyrrole nitrogens is 1. The first-order chi connectivity index (χ1) is 11.9. The van der Waals surface area contributed by atoms with Crippen LogP contribution in [0.2, 0.25) is 0 Å². The van der Waals surface area contributed by atoms with Gasteiger partial charge in [-0.15, -0.1) is 0 Å². The number of aromatic amines is 1. The van der Waals surface area contributed by atoms with Gasteiger partial charge in [0, 0.05) is 18.4 Å². The molecule has 0 aromatic carbocycles. The summed E-state index contributed by atoms with van der Waals surface area (Å²) >= 11 is 0. The Morgan fingerprint density at radius 2 is 1.92 bits per heavy atom. The molecule has 2 atom stereocenters. The predicted molar refractivity (Wildman–Crippen MR) is 91.0 cm³/mol. The Bertz CT molecular complexity index is 866. The van der Waals surface area contributed by atoms with Crippen LogP contribution in [-0.4, -0.2) is 21.2 Å². The molecular formula is C17H22N4O4. The van der Waals surface area contributed by atoms with E-state index in [0.29, 0.717) is 31.6 Å². The minimum atomic E-state index is -0.687. The van der Waals surface area contributed by atoms with E-state index in [1.807, 2.05) is 6.92 Å². The number of rotatable bonds is 4. The third kappa shape index (κ3) is 2.12. The number of amides is 1. The Balaban J connectivity index is 1.67. The molecule has 1 aromatic rings. The predicted octanol–water partition coefficient (Wildman–Crippen LogP) is 0.473. The topological polar surface area (TPSA) is 127 Å². The maximum atomic E-state index is 13.0. The second-order valence-corrected chi connectivity index (χ2v) is 7.65. The number of hydrogen-bond acceptors (Lipinski definition) is 5. The number of ketones is 1. The molecule has 0 spiro atoms. The zero-order valence-electron chi connectivity index (χ0n) is 14.1. The van der Waals surface area contributed by atoms with Crippen molar-refractivity contribution in [2.24, 2.45) is 23.2 Å². The summed E-state index contributed by atoms with van der Waals surface area (Å²) in [7, 11) is 0. The van der Waals surface area contributed by atoms with E-state index in [1.54, 1.807) is 0 Å². The normalized spacial score (nSPS) is 32.4. The van der Waals surface area contributed by atoms with E-state index in [4.69, 9.17) is 5.73 Å². The standard InChI is InChI=1S/C17H22N4O4/c1-2-3-21-13(18)11(14(23)20-16(21)25)19-15(24)17-6-8-4-10(17)5-9(7-17)12(8)22/h8-10H,2-7,18H2,1H3,(H,19,24)(H,20,23,25). The fourth-order valence-electron chi connectivity index (χ4n) is 5.23. The highest BCUT2D eigenvalue weighted by Gasteiger charge is 2.64. The minimum absolute atomic E-state index is 0.0193. The molecule has 1 heterocycles. The molecule has 4 aliphatic rings. The maximum Gasteiger partial charge on any atom is 0.330 e. The summed E-state index contributed by atoms with van der Waals surface area (Å²) in [5.74, 6) is 0.192. The van der Waals surface area contributed by atoms with E-state index in [1.165, 1.54) is 4.57 Å². The second-order valence-electron chi connectivity index (χ2n) is 7.65. The first-order valence-corrected chi connectivity index (χ1v) is 8.85. The van der Waals surface area contributed by atoms with Gasteiger partial charge in [0.25, 0.3) is 5.56 Å². The van der Waals surface area contributed by atoms with Crippen molar-refractivity contribution in [2.75, 3.05) is 11.1 Å². The highest BCUT2D eigenvalue weighted by Crippen LogP contribution is 2.64. The van der Waals surface area contributed by atoms with Gasteiger partial charge in [-0.2, -0.15) is 0 Å². The number of nitrogen functional groups attached to an aromatic ring is 1. The quantitative estimate of drug-likeness (QED) is 0.730. The molecule has 4 fully saturated rings. The molecular weight excluding hydrogens is 324 g/mol. The van der Waals surface area contributed by atoms with Gasteiger partial charge in [-0.25, -0.2) is 4.79 Å². The van der Waals surface area contributed by atoms with Gasteiger partial charge < -0.3 is 11.1 Å². The minimum Gasteiger partial charge on any atom is -0.383 e. The Kier molecular flexibility index (Phi) is 3.42. The average Bonchev–Trinajstić information content (AvgIpc) is 3.03. The van der Waals surface area contributed by atoms with Gasteiger partial charge in [0.1, 0.15) is 17.3 Å². The van der Waals surface area contributed by atoms with Crippen LogP contribution in [0.1, 0.15) is 39.0 Å². The molecule has 0 aliphatic heterocycles. The molecule has 4 saturated carbocycles. The lowest BCUT2D eigenvalue weighted by Crippen LogP contribution is -2.42. The fraction of sp³-hybridized carbons (Fsp3) is 0.647. The van der Waals surface area contributed by atoms with Gasteiger partial charge >= 0.3 is 5.69 Å². The van der Waals surface area contributed by atoms with Crippen LogP contribution in [0.25, 0.3) is 0 Å². The number of Topliss-reactive ketones (excluding diaryl/α,β-unsaturated/α-hetero) is 1. The zero-order valence-corrected chi connectivity index (χ0v) is 14.1. The van der Waals surface area contributed by atoms with Crippen molar-refractivity contribution in [3.8, 4) is 0 Å². The van der Waals surface area contributed by atoms with Gasteiger partial charge in [-0.1, -0.05) is 6.92 Å². The van der Waals surface area contributed by atoms with Crippen molar-refractivity contribution < 1.29 is 9.59 Å². The van der Waals surface area contributed by atoms with Crippen LogP contribution in [0.5, 0.6) is 0 Å². The van der Waals surface area contributed by atoms with Gasteiger partial charge in [-0.3, -0.25) is 23.9 Å². The van der Waals surface area contributed by atoms with Crippen LogP contribution in [0, 0.1) is 23.2 Å². The first kappa shape index (κ1) is 16.1. The lowest BCUT2D eigenvalue weighted by molar-refractivity contribution is -0.132. The number of aromatic nitrogens is 2. The van der Waals surface area contributed by atoms with Gasteiger partial charge in [0.2, 0.25) is 5.91 Å². The van der Waals surface area contributed by atoms with E-state index in [2.05, 4.69) is 10.3 Å². The van der Waals surface area contributed by atoms with Crippen LogP contribution < -0.4 is 22.3 Å². The smallest absolute Gasteiger partial charge is 0.330 e. The van der Waals surface area contributed by atoms with Crippen molar-refractivity contribution >= 4 is 23.2 Å². The number of carbonyl (C=O) groups excluding carboxylic acids is 2. The van der Waals surface area contributed by atoms with Crippen LogP contribution in [0.15, 0.2) is 9.59 Å². The summed E-state index contributed by atoms with van der Waals surface area (Å²) in [6.45, 7) is 2.25. The molecule has 134 valence electrons. The summed E-state index contributed by atoms with van der Waals surface area (Å²) in [6.07, 6.45) is 3.32. The molecule has 0 saturated heterocycles. The Morgan fingerprint density at radius 1 is 1.28 bits per heavy atom. The van der Waals surface area contributed by atoms with Gasteiger partial charge in [0.15, 0.2) is 0 Å². The third-order valence-electron chi connectivity index (χ3n) is 6.32. The van der Waals surface area contributed by atoms with Crippen LogP contribution in [-0.2, 0) is 16.1 Å². The fourth-order valence-corrected chi connectivity index (χ4v) is 5.23. The Labute approximate surface area is 143 Å². The summed E-state index contributed by atoms with van der Waals surface area (Å²) in [5.41, 5.74) is 4.08. The largest absolute Gasteiger partial charge is 0.383 e. The van der Waals surface area contributed by atoms with Crippen LogP contribution >= 0.6 is 0 Å². The zero-order chi connectivity index (χ0) is 17.9. The van der Waals surface area contributed by atoms with E-state index in [9.17, 15) is 19.2 Å². The molecule has 5 rings (SSSR count). The molecule has 1 aromatic heterocycles. The number of nitrogens with one attached hydrogen (secondary N) is 2. The number of hydrogen-bond donors (Lipinski definition) is 3. The molecule has 4 aliphatic carbocycles. The first-order valence-electron chi connectivity index (χ1n) is 8.85. The Morgan fingerprint density at radius 3 is 2.52 bits per heavy atom. The third-order valence-corrected chi connectivity index (χ3v) is 6.32. The average molecular weight is 346 g/mol. The number of anilines is 2. The van der Waals surface area contributed by atoms with Crippen LogP contribution in [0.4, 0.5) is 11.5 Å². The molecule has 8 heteroatoms. The highest BCUT2D eigenvalue weighted by molar-refractivity contribution is 6.01. The van der Waals surface area contributed by atoms with E-state index in [-0.39, 0.29) is 35.2 Å². The van der Waals surface area contributed by atoms with E-state index < -0.39 is 16.7 Å². The van der Waals surface area contributed by atoms with Crippen molar-refractivity contribution in [3.63, 3.8) is 0 Å². The van der Waals surface area contributed by atoms with E-state index in [0.717, 1.165) is 12.8 Å². The monoisotopic (exact) mass is 346 g/mol. The maximum absolute atomic E-state index is 13.0. The van der Waals surface area contributed by atoms with Crippen molar-refractivity contribution in [2.45, 2.75) is 45.6 Å². The summed E-state index contributed by atoms with van der Waals surface area (Å²) in [5, 5.41) is 2.69. The van der Waals surface area contributed by atoms with Crippen LogP contribution in [0.3, 0.4) is 0 Å². The lowest BCUT2D eigenvalue weighted by Gasteiger charge is -2.30. The van der Waals surface area contributed by atoms with Crippen molar-refractivity contribution in [1.82, 2.24) is 9.55 Å². The molecule has 4 bridgehead atoms.